The lowest BCUT2D eigenvalue weighted by molar-refractivity contribution is 0.974. The quantitative estimate of drug-likeness (QED) is 0.862. The number of aryl methyl sites for hydroxylation is 2. The molecule has 0 saturated heterocycles. The summed E-state index contributed by atoms with van der Waals surface area (Å²) in [7, 11) is 0. The maximum Gasteiger partial charge on any atom is 0.138 e. The van der Waals surface area contributed by atoms with Gasteiger partial charge in [-0.3, -0.25) is 0 Å². The van der Waals surface area contributed by atoms with Crippen LogP contribution in [0.4, 0.5) is 5.82 Å². The van der Waals surface area contributed by atoms with Gasteiger partial charge >= 0.3 is 0 Å². The molecule has 0 aliphatic heterocycles. The molecular formula is C13H16ClN3S. The Morgan fingerprint density at radius 2 is 2.06 bits per heavy atom. The summed E-state index contributed by atoms with van der Waals surface area (Å²) in [5.74, 6) is 1.54. The van der Waals surface area contributed by atoms with Crippen LogP contribution in [0.5, 0.6) is 0 Å². The van der Waals surface area contributed by atoms with E-state index in [1.165, 1.54) is 9.75 Å². The fraction of sp³-hybridized carbons (Fsp3) is 0.385. The lowest BCUT2D eigenvalue weighted by Gasteiger charge is -2.11. The molecule has 0 aliphatic carbocycles. The predicted octanol–water partition coefficient (Wildman–Crippen LogP) is 3.98. The maximum atomic E-state index is 6.13. The number of hydrogen-bond donors (Lipinski definition) is 1. The highest BCUT2D eigenvalue weighted by Gasteiger charge is 2.09. The number of hydrogen-bond acceptors (Lipinski definition) is 4. The molecule has 0 atom stereocenters. The number of nitrogens with one attached hydrogen (secondary N) is 1. The average molecular weight is 282 g/mol. The van der Waals surface area contributed by atoms with Crippen LogP contribution in [0.25, 0.3) is 0 Å². The minimum absolute atomic E-state index is 0.551. The molecule has 2 heterocycles. The molecule has 1 N–H and O–H groups in total. The number of nitrogens with zero attached hydrogens (tertiary/aromatic N) is 2. The zero-order valence-corrected chi connectivity index (χ0v) is 12.3. The van der Waals surface area contributed by atoms with E-state index >= 15 is 0 Å². The molecule has 0 amide bonds. The molecule has 0 aromatic carbocycles. The molecule has 2 rings (SSSR count). The van der Waals surface area contributed by atoms with Crippen molar-refractivity contribution < 1.29 is 0 Å². The summed E-state index contributed by atoms with van der Waals surface area (Å²) in [6, 6.07) is 4.26. The Kier molecular flexibility index (Phi) is 4.19. The van der Waals surface area contributed by atoms with E-state index < -0.39 is 0 Å². The standard InChI is InChI=1S/C13H16ClN3S/c1-4-11-12(14)16-9(3)17-13(11)15-7-10-6-5-8(2)18-10/h5-6H,4,7H2,1-3H3,(H,15,16,17). The van der Waals surface area contributed by atoms with E-state index in [-0.39, 0.29) is 0 Å². The van der Waals surface area contributed by atoms with Gasteiger partial charge in [0.2, 0.25) is 0 Å². The zero-order valence-electron chi connectivity index (χ0n) is 10.7. The highest BCUT2D eigenvalue weighted by molar-refractivity contribution is 7.11. The average Bonchev–Trinajstić information content (AvgIpc) is 2.72. The summed E-state index contributed by atoms with van der Waals surface area (Å²) in [5.41, 5.74) is 0.982. The normalized spacial score (nSPS) is 10.7. The molecule has 5 heteroatoms. The van der Waals surface area contributed by atoms with Crippen molar-refractivity contribution in [1.82, 2.24) is 9.97 Å². The van der Waals surface area contributed by atoms with Crippen molar-refractivity contribution in [2.75, 3.05) is 5.32 Å². The molecule has 0 spiro atoms. The van der Waals surface area contributed by atoms with Gasteiger partial charge in [0.05, 0.1) is 6.54 Å². The Bertz CT molecular complexity index is 551. The van der Waals surface area contributed by atoms with E-state index in [9.17, 15) is 0 Å². The third kappa shape index (κ3) is 3.00. The van der Waals surface area contributed by atoms with Gasteiger partial charge < -0.3 is 5.32 Å². The summed E-state index contributed by atoms with van der Waals surface area (Å²) in [6.45, 7) is 6.79. The lowest BCUT2D eigenvalue weighted by Crippen LogP contribution is -2.06. The second-order valence-corrected chi connectivity index (χ2v) is 5.84. The SMILES string of the molecule is CCc1c(Cl)nc(C)nc1NCc1ccc(C)s1. The fourth-order valence-corrected chi connectivity index (χ4v) is 2.95. The van der Waals surface area contributed by atoms with Crippen LogP contribution in [0.1, 0.15) is 28.1 Å². The molecule has 2 aromatic heterocycles. The van der Waals surface area contributed by atoms with E-state index in [2.05, 4.69) is 41.3 Å². The second kappa shape index (κ2) is 5.67. The van der Waals surface area contributed by atoms with Gasteiger partial charge in [0.15, 0.2) is 0 Å². The minimum atomic E-state index is 0.551. The first kappa shape index (κ1) is 13.3. The summed E-state index contributed by atoms with van der Waals surface area (Å²) in [6.07, 6.45) is 0.824. The van der Waals surface area contributed by atoms with Crippen LogP contribution in [0.2, 0.25) is 5.15 Å². The molecule has 0 fully saturated rings. The molecule has 18 heavy (non-hydrogen) atoms. The van der Waals surface area contributed by atoms with E-state index in [1.54, 1.807) is 11.3 Å². The summed E-state index contributed by atoms with van der Waals surface area (Å²) in [5, 5.41) is 3.90. The largest absolute Gasteiger partial charge is 0.365 e. The van der Waals surface area contributed by atoms with E-state index in [4.69, 9.17) is 11.6 Å². The summed E-state index contributed by atoms with van der Waals surface area (Å²) in [4.78, 5) is 11.2. The van der Waals surface area contributed by atoms with E-state index in [0.29, 0.717) is 11.0 Å². The first-order chi connectivity index (χ1) is 8.60. The van der Waals surface area contributed by atoms with Crippen LogP contribution >= 0.6 is 22.9 Å². The fourth-order valence-electron chi connectivity index (χ4n) is 1.77. The first-order valence-corrected chi connectivity index (χ1v) is 7.11. The van der Waals surface area contributed by atoms with Crippen molar-refractivity contribution in [2.45, 2.75) is 33.7 Å². The van der Waals surface area contributed by atoms with Crippen molar-refractivity contribution >= 4 is 28.8 Å². The van der Waals surface area contributed by atoms with Gasteiger partial charge in [-0.25, -0.2) is 9.97 Å². The Labute approximate surface area is 116 Å². The molecule has 0 aliphatic rings. The molecule has 2 aromatic rings. The lowest BCUT2D eigenvalue weighted by atomic mass is 10.2. The molecular weight excluding hydrogens is 266 g/mol. The van der Waals surface area contributed by atoms with Gasteiger partial charge in [-0.05, 0) is 32.4 Å². The van der Waals surface area contributed by atoms with Crippen LogP contribution < -0.4 is 5.32 Å². The van der Waals surface area contributed by atoms with E-state index in [1.807, 2.05) is 6.92 Å². The smallest absolute Gasteiger partial charge is 0.138 e. The number of aromatic nitrogens is 2. The van der Waals surface area contributed by atoms with Crippen molar-refractivity contribution in [3.8, 4) is 0 Å². The van der Waals surface area contributed by atoms with Gasteiger partial charge in [-0.1, -0.05) is 18.5 Å². The molecule has 0 unspecified atom stereocenters. The van der Waals surface area contributed by atoms with Crippen LogP contribution in [0.15, 0.2) is 12.1 Å². The number of halogens is 1. The zero-order chi connectivity index (χ0) is 13.1. The molecule has 3 nitrogen and oxygen atoms in total. The van der Waals surface area contributed by atoms with Crippen molar-refractivity contribution in [1.29, 1.82) is 0 Å². The van der Waals surface area contributed by atoms with Gasteiger partial charge in [0.25, 0.3) is 0 Å². The Balaban J connectivity index is 2.18. The number of rotatable bonds is 4. The van der Waals surface area contributed by atoms with Crippen molar-refractivity contribution in [2.24, 2.45) is 0 Å². The minimum Gasteiger partial charge on any atom is -0.365 e. The number of anilines is 1. The Morgan fingerprint density at radius 1 is 1.28 bits per heavy atom. The van der Waals surface area contributed by atoms with Crippen molar-refractivity contribution in [3.63, 3.8) is 0 Å². The molecule has 0 bridgehead atoms. The first-order valence-electron chi connectivity index (χ1n) is 5.92. The third-order valence-corrected chi connectivity index (χ3v) is 3.96. The summed E-state index contributed by atoms with van der Waals surface area (Å²) >= 11 is 7.92. The number of thiophene rings is 1. The third-order valence-electron chi connectivity index (χ3n) is 2.65. The van der Waals surface area contributed by atoms with Crippen molar-refractivity contribution in [3.05, 3.63) is 38.4 Å². The van der Waals surface area contributed by atoms with Gasteiger partial charge in [-0.15, -0.1) is 11.3 Å². The van der Waals surface area contributed by atoms with Gasteiger partial charge in [0.1, 0.15) is 16.8 Å². The Hall–Kier alpha value is -1.13. The second-order valence-electron chi connectivity index (χ2n) is 4.11. The van der Waals surface area contributed by atoms with Crippen LogP contribution in [0.3, 0.4) is 0 Å². The van der Waals surface area contributed by atoms with Crippen LogP contribution in [0, 0.1) is 13.8 Å². The highest BCUT2D eigenvalue weighted by atomic mass is 35.5. The highest BCUT2D eigenvalue weighted by Crippen LogP contribution is 2.23. The Morgan fingerprint density at radius 3 is 2.67 bits per heavy atom. The maximum absolute atomic E-state index is 6.13. The van der Waals surface area contributed by atoms with Gasteiger partial charge in [-0.2, -0.15) is 0 Å². The summed E-state index contributed by atoms with van der Waals surface area (Å²) < 4.78 is 0. The topological polar surface area (TPSA) is 37.8 Å². The molecule has 0 saturated carbocycles. The van der Waals surface area contributed by atoms with Crippen LogP contribution in [-0.2, 0) is 13.0 Å². The van der Waals surface area contributed by atoms with Crippen LogP contribution in [-0.4, -0.2) is 9.97 Å². The predicted molar refractivity (Wildman–Crippen MR) is 77.5 cm³/mol. The van der Waals surface area contributed by atoms with Gasteiger partial charge in [0, 0.05) is 15.3 Å². The monoisotopic (exact) mass is 281 g/mol. The molecule has 0 radical (unpaired) electrons. The molecule has 96 valence electrons. The van der Waals surface area contributed by atoms with E-state index in [0.717, 1.165) is 24.3 Å².